The minimum absolute atomic E-state index is 0.0453. The van der Waals surface area contributed by atoms with Crippen molar-refractivity contribution in [1.82, 2.24) is 10.2 Å². The van der Waals surface area contributed by atoms with Crippen molar-refractivity contribution >= 4 is 5.97 Å². The van der Waals surface area contributed by atoms with Crippen molar-refractivity contribution in [1.29, 1.82) is 0 Å². The van der Waals surface area contributed by atoms with Crippen LogP contribution in [-0.2, 0) is 16.1 Å². The van der Waals surface area contributed by atoms with Gasteiger partial charge in [0, 0.05) is 0 Å². The number of aromatic nitrogens is 2. The fourth-order valence-electron chi connectivity index (χ4n) is 1.53. The van der Waals surface area contributed by atoms with Crippen LogP contribution in [0.1, 0.15) is 24.3 Å². The molecule has 102 valence electrons. The van der Waals surface area contributed by atoms with E-state index in [0.29, 0.717) is 11.7 Å². The van der Waals surface area contributed by atoms with Gasteiger partial charge >= 0.3 is 5.97 Å². The molecule has 2 aromatic rings. The van der Waals surface area contributed by atoms with Gasteiger partial charge in [-0.2, -0.15) is 0 Å². The molecule has 0 aliphatic carbocycles. The first-order chi connectivity index (χ1) is 8.97. The normalized spacial score (nSPS) is 12.6. The van der Waals surface area contributed by atoms with E-state index in [0.717, 1.165) is 11.3 Å². The molecule has 0 aromatic carbocycles. The fourth-order valence-corrected chi connectivity index (χ4v) is 1.53. The van der Waals surface area contributed by atoms with Gasteiger partial charge in [0.2, 0.25) is 5.89 Å². The van der Waals surface area contributed by atoms with E-state index >= 15 is 0 Å². The zero-order chi connectivity index (χ0) is 14.0. The third kappa shape index (κ3) is 3.00. The Balaban J connectivity index is 2.07. The van der Waals surface area contributed by atoms with Crippen LogP contribution in [0.15, 0.2) is 14.9 Å². The molecule has 2 aromatic heterocycles. The van der Waals surface area contributed by atoms with Crippen LogP contribution in [0.25, 0.3) is 11.5 Å². The highest BCUT2D eigenvalue weighted by Gasteiger charge is 2.16. The predicted molar refractivity (Wildman–Crippen MR) is 63.4 cm³/mol. The minimum atomic E-state index is -1.04. The van der Waals surface area contributed by atoms with Crippen molar-refractivity contribution < 1.29 is 23.5 Å². The molecular weight excluding hydrogens is 252 g/mol. The zero-order valence-electron chi connectivity index (χ0n) is 10.8. The third-order valence-electron chi connectivity index (χ3n) is 2.54. The van der Waals surface area contributed by atoms with Crippen LogP contribution in [0.4, 0.5) is 0 Å². The second-order valence-corrected chi connectivity index (χ2v) is 4.12. The van der Waals surface area contributed by atoms with Crippen molar-refractivity contribution in [3.05, 3.63) is 23.5 Å². The van der Waals surface area contributed by atoms with Crippen LogP contribution in [0, 0.1) is 13.8 Å². The molecule has 0 aliphatic rings. The molecule has 7 heteroatoms. The molecule has 7 nitrogen and oxygen atoms in total. The summed E-state index contributed by atoms with van der Waals surface area (Å²) in [5.41, 5.74) is 0.725. The van der Waals surface area contributed by atoms with Gasteiger partial charge in [-0.1, -0.05) is 0 Å². The van der Waals surface area contributed by atoms with E-state index in [-0.39, 0.29) is 12.5 Å². The summed E-state index contributed by atoms with van der Waals surface area (Å²) in [5, 5.41) is 16.4. The lowest BCUT2D eigenvalue weighted by atomic mass is 10.2. The average Bonchev–Trinajstić information content (AvgIpc) is 2.92. The van der Waals surface area contributed by atoms with Crippen molar-refractivity contribution in [2.24, 2.45) is 0 Å². The Morgan fingerprint density at radius 2 is 2.16 bits per heavy atom. The Hall–Kier alpha value is -2.15. The SMILES string of the molecule is Cc1cc(-c2nnc(CO[C@H](C)C(=O)O)o2)c(C)o1. The molecule has 2 rings (SSSR count). The number of rotatable bonds is 5. The molecule has 0 saturated heterocycles. The maximum Gasteiger partial charge on any atom is 0.332 e. The number of carboxylic acids is 1. The van der Waals surface area contributed by atoms with Gasteiger partial charge in [0.1, 0.15) is 18.1 Å². The molecule has 0 spiro atoms. The Kier molecular flexibility index (Phi) is 3.66. The number of hydrogen-bond donors (Lipinski definition) is 1. The Bertz CT molecular complexity index is 587. The third-order valence-corrected chi connectivity index (χ3v) is 2.54. The molecule has 0 radical (unpaired) electrons. The summed E-state index contributed by atoms with van der Waals surface area (Å²) in [6, 6.07) is 1.80. The number of nitrogens with zero attached hydrogens (tertiary/aromatic N) is 2. The zero-order valence-corrected chi connectivity index (χ0v) is 10.8. The molecule has 0 bridgehead atoms. The van der Waals surface area contributed by atoms with Crippen molar-refractivity contribution in [2.45, 2.75) is 33.5 Å². The Morgan fingerprint density at radius 1 is 1.42 bits per heavy atom. The molecule has 1 N–H and O–H groups in total. The number of aryl methyl sites for hydroxylation is 2. The second-order valence-electron chi connectivity index (χ2n) is 4.12. The number of aliphatic carboxylic acids is 1. The van der Waals surface area contributed by atoms with E-state index < -0.39 is 12.1 Å². The van der Waals surface area contributed by atoms with Crippen molar-refractivity contribution in [3.8, 4) is 11.5 Å². The van der Waals surface area contributed by atoms with E-state index in [1.54, 1.807) is 13.0 Å². The van der Waals surface area contributed by atoms with E-state index in [2.05, 4.69) is 10.2 Å². The lowest BCUT2D eigenvalue weighted by molar-refractivity contribution is -0.150. The first-order valence-electron chi connectivity index (χ1n) is 5.71. The van der Waals surface area contributed by atoms with Gasteiger partial charge in [-0.3, -0.25) is 0 Å². The summed E-state index contributed by atoms with van der Waals surface area (Å²) in [4.78, 5) is 10.6. The lowest BCUT2D eigenvalue weighted by Crippen LogP contribution is -2.19. The monoisotopic (exact) mass is 266 g/mol. The van der Waals surface area contributed by atoms with Gasteiger partial charge in [0.25, 0.3) is 5.89 Å². The van der Waals surface area contributed by atoms with Crippen LogP contribution in [0.3, 0.4) is 0 Å². The van der Waals surface area contributed by atoms with E-state index in [9.17, 15) is 4.79 Å². The molecule has 0 fully saturated rings. The van der Waals surface area contributed by atoms with E-state index in [4.69, 9.17) is 18.7 Å². The number of carbonyl (C=O) groups is 1. The Labute approximate surface area is 109 Å². The molecular formula is C12H14N2O5. The smallest absolute Gasteiger partial charge is 0.332 e. The van der Waals surface area contributed by atoms with Crippen LogP contribution < -0.4 is 0 Å². The Morgan fingerprint density at radius 3 is 2.74 bits per heavy atom. The van der Waals surface area contributed by atoms with Crippen molar-refractivity contribution in [3.63, 3.8) is 0 Å². The summed E-state index contributed by atoms with van der Waals surface area (Å²) in [6.45, 7) is 5.01. The van der Waals surface area contributed by atoms with Crippen LogP contribution >= 0.6 is 0 Å². The summed E-state index contributed by atoms with van der Waals surface area (Å²) in [7, 11) is 0. The molecule has 0 aliphatic heterocycles. The van der Waals surface area contributed by atoms with Gasteiger partial charge in [-0.25, -0.2) is 4.79 Å². The molecule has 19 heavy (non-hydrogen) atoms. The fraction of sp³-hybridized carbons (Fsp3) is 0.417. The minimum Gasteiger partial charge on any atom is -0.479 e. The number of ether oxygens (including phenoxy) is 1. The molecule has 1 atom stereocenters. The van der Waals surface area contributed by atoms with Gasteiger partial charge in [0.05, 0.1) is 5.56 Å². The molecule has 2 heterocycles. The van der Waals surface area contributed by atoms with Crippen LogP contribution in [-0.4, -0.2) is 27.4 Å². The molecule has 0 unspecified atom stereocenters. The number of carboxylic acid groups (broad SMARTS) is 1. The maximum absolute atomic E-state index is 10.6. The predicted octanol–water partition coefficient (Wildman–Crippen LogP) is 1.94. The summed E-state index contributed by atoms with van der Waals surface area (Å²) in [6.07, 6.45) is -0.923. The maximum atomic E-state index is 10.6. The number of furan rings is 1. The first kappa shape index (κ1) is 13.3. The van der Waals surface area contributed by atoms with Gasteiger partial charge < -0.3 is 18.7 Å². The standard InChI is InChI=1S/C12H14N2O5/c1-6-4-9(7(2)18-6)11-14-13-10(19-11)5-17-8(3)12(15)16/h4,8H,5H2,1-3H3,(H,15,16)/t8-/m1/s1. The molecule has 0 amide bonds. The van der Waals surface area contributed by atoms with E-state index in [1.807, 2.05) is 6.92 Å². The highest BCUT2D eigenvalue weighted by atomic mass is 16.5. The van der Waals surface area contributed by atoms with Crippen molar-refractivity contribution in [2.75, 3.05) is 0 Å². The average molecular weight is 266 g/mol. The van der Waals surface area contributed by atoms with E-state index in [1.165, 1.54) is 6.92 Å². The summed E-state index contributed by atoms with van der Waals surface area (Å²) < 4.78 is 15.8. The summed E-state index contributed by atoms with van der Waals surface area (Å²) >= 11 is 0. The van der Waals surface area contributed by atoms with Gasteiger partial charge in [-0.15, -0.1) is 10.2 Å². The van der Waals surface area contributed by atoms with Gasteiger partial charge in [-0.05, 0) is 26.8 Å². The molecule has 0 saturated carbocycles. The quantitative estimate of drug-likeness (QED) is 0.882. The largest absolute Gasteiger partial charge is 0.479 e. The topological polar surface area (TPSA) is 98.6 Å². The lowest BCUT2D eigenvalue weighted by Gasteiger charge is -2.04. The first-order valence-corrected chi connectivity index (χ1v) is 5.71. The van der Waals surface area contributed by atoms with Crippen LogP contribution in [0.2, 0.25) is 0 Å². The number of hydrogen-bond acceptors (Lipinski definition) is 6. The van der Waals surface area contributed by atoms with Gasteiger partial charge in [0.15, 0.2) is 6.10 Å². The summed E-state index contributed by atoms with van der Waals surface area (Å²) in [5.74, 6) is 0.953. The van der Waals surface area contributed by atoms with Crippen LogP contribution in [0.5, 0.6) is 0 Å². The highest BCUT2D eigenvalue weighted by molar-refractivity contribution is 5.71. The highest BCUT2D eigenvalue weighted by Crippen LogP contribution is 2.25. The second kappa shape index (κ2) is 5.23.